The molecular weight excluding hydrogens is 198 g/mol. The number of hydrogen-bond donors (Lipinski definition) is 1. The van der Waals surface area contributed by atoms with Crippen molar-refractivity contribution in [2.45, 2.75) is 57.5 Å². The van der Waals surface area contributed by atoms with Crippen LogP contribution in [0.2, 0.25) is 0 Å². The van der Waals surface area contributed by atoms with Crippen molar-refractivity contribution in [3.8, 4) is 6.07 Å². The van der Waals surface area contributed by atoms with Gasteiger partial charge >= 0.3 is 0 Å². The van der Waals surface area contributed by atoms with Crippen LogP contribution < -0.4 is 5.32 Å². The van der Waals surface area contributed by atoms with E-state index in [9.17, 15) is 5.26 Å². The van der Waals surface area contributed by atoms with Gasteiger partial charge in [0.15, 0.2) is 0 Å². The third-order valence-corrected chi connectivity index (χ3v) is 3.90. The summed E-state index contributed by atoms with van der Waals surface area (Å²) >= 11 is 0. The van der Waals surface area contributed by atoms with Gasteiger partial charge in [0.25, 0.3) is 0 Å². The Hall–Kier alpha value is -0.590. The van der Waals surface area contributed by atoms with Gasteiger partial charge in [-0.1, -0.05) is 20.3 Å². The molecule has 1 N–H and O–H groups in total. The summed E-state index contributed by atoms with van der Waals surface area (Å²) in [6.45, 7) is 6.75. The number of hydrogen-bond acceptors (Lipinski definition) is 3. The average Bonchev–Trinajstić information content (AvgIpc) is 2.75. The minimum absolute atomic E-state index is 0.260. The fraction of sp³-hybridized carbons (Fsp3) is 0.923. The molecule has 1 rings (SSSR count). The molecule has 0 aromatic heterocycles. The Morgan fingerprint density at radius 1 is 1.50 bits per heavy atom. The number of nitrogens with one attached hydrogen (secondary N) is 1. The van der Waals surface area contributed by atoms with E-state index >= 15 is 0 Å². The molecule has 1 aliphatic rings. The van der Waals surface area contributed by atoms with Crippen LogP contribution in [0.4, 0.5) is 0 Å². The Kier molecular flexibility index (Phi) is 5.24. The van der Waals surface area contributed by atoms with Gasteiger partial charge in [0.2, 0.25) is 0 Å². The molecule has 0 spiro atoms. The van der Waals surface area contributed by atoms with Crippen LogP contribution in [0.1, 0.15) is 46.0 Å². The highest BCUT2D eigenvalue weighted by molar-refractivity contribution is 5.12. The van der Waals surface area contributed by atoms with Crippen molar-refractivity contribution in [1.29, 1.82) is 5.26 Å². The van der Waals surface area contributed by atoms with Gasteiger partial charge in [-0.05, 0) is 45.8 Å². The predicted octanol–water partition coefficient (Wildman–Crippen LogP) is 2.14. The molecule has 2 atom stereocenters. The van der Waals surface area contributed by atoms with Crippen molar-refractivity contribution in [3.63, 3.8) is 0 Å². The van der Waals surface area contributed by atoms with Crippen molar-refractivity contribution in [2.75, 3.05) is 20.1 Å². The first kappa shape index (κ1) is 13.5. The third-order valence-electron chi connectivity index (χ3n) is 3.90. The molecule has 92 valence electrons. The van der Waals surface area contributed by atoms with Crippen LogP contribution in [0.5, 0.6) is 0 Å². The smallest absolute Gasteiger partial charge is 0.108 e. The van der Waals surface area contributed by atoms with Crippen LogP contribution in [-0.2, 0) is 0 Å². The summed E-state index contributed by atoms with van der Waals surface area (Å²) < 4.78 is 0. The van der Waals surface area contributed by atoms with E-state index in [0.717, 1.165) is 25.8 Å². The largest absolute Gasteiger partial charge is 0.302 e. The minimum atomic E-state index is -0.260. The quantitative estimate of drug-likeness (QED) is 0.750. The van der Waals surface area contributed by atoms with E-state index in [4.69, 9.17) is 0 Å². The Bertz CT molecular complexity index is 246. The maximum Gasteiger partial charge on any atom is 0.108 e. The molecule has 3 nitrogen and oxygen atoms in total. The van der Waals surface area contributed by atoms with Gasteiger partial charge in [-0.25, -0.2) is 0 Å². The zero-order chi connectivity index (χ0) is 12.0. The lowest BCUT2D eigenvalue weighted by atomic mass is 10.00. The van der Waals surface area contributed by atoms with Crippen LogP contribution >= 0.6 is 0 Å². The summed E-state index contributed by atoms with van der Waals surface area (Å²) in [7, 11) is 1.91. The second-order valence-electron chi connectivity index (χ2n) is 4.82. The lowest BCUT2D eigenvalue weighted by molar-refractivity contribution is 0.200. The molecule has 0 saturated heterocycles. The van der Waals surface area contributed by atoms with E-state index < -0.39 is 0 Å². The number of nitriles is 1. The molecule has 2 unspecified atom stereocenters. The third kappa shape index (κ3) is 2.96. The molecule has 0 aromatic rings. The van der Waals surface area contributed by atoms with Gasteiger partial charge < -0.3 is 10.2 Å². The molecule has 0 aliphatic heterocycles. The van der Waals surface area contributed by atoms with Crippen molar-refractivity contribution in [1.82, 2.24) is 10.2 Å². The lowest BCUT2D eigenvalue weighted by Crippen LogP contribution is -2.42. The molecule has 0 heterocycles. The number of nitrogens with zero attached hydrogens (tertiary/aromatic N) is 2. The first-order valence-corrected chi connectivity index (χ1v) is 6.55. The first-order chi connectivity index (χ1) is 7.71. The maximum absolute atomic E-state index is 9.23. The van der Waals surface area contributed by atoms with Gasteiger partial charge in [0, 0.05) is 6.04 Å². The topological polar surface area (TPSA) is 39.1 Å². The second kappa shape index (κ2) is 6.22. The predicted molar refractivity (Wildman–Crippen MR) is 67.2 cm³/mol. The van der Waals surface area contributed by atoms with Gasteiger partial charge in [0.05, 0.1) is 6.07 Å². The second-order valence-corrected chi connectivity index (χ2v) is 4.82. The maximum atomic E-state index is 9.23. The molecule has 1 fully saturated rings. The fourth-order valence-electron chi connectivity index (χ4n) is 2.68. The van der Waals surface area contributed by atoms with Crippen LogP contribution in [-0.4, -0.2) is 36.6 Å². The van der Waals surface area contributed by atoms with E-state index in [-0.39, 0.29) is 5.54 Å². The average molecular weight is 223 g/mol. The number of rotatable bonds is 6. The van der Waals surface area contributed by atoms with Crippen LogP contribution in [0, 0.1) is 11.3 Å². The lowest BCUT2D eigenvalue weighted by Gasteiger charge is -2.28. The molecule has 0 amide bonds. The monoisotopic (exact) mass is 223 g/mol. The zero-order valence-corrected chi connectivity index (χ0v) is 10.9. The summed E-state index contributed by atoms with van der Waals surface area (Å²) in [4.78, 5) is 2.54. The Morgan fingerprint density at radius 3 is 2.69 bits per heavy atom. The highest BCUT2D eigenvalue weighted by Crippen LogP contribution is 2.32. The summed E-state index contributed by atoms with van der Waals surface area (Å²) in [5, 5.41) is 12.4. The van der Waals surface area contributed by atoms with Crippen molar-refractivity contribution in [3.05, 3.63) is 0 Å². The summed E-state index contributed by atoms with van der Waals surface area (Å²) in [6.07, 6.45) is 5.65. The zero-order valence-electron chi connectivity index (χ0n) is 10.9. The van der Waals surface area contributed by atoms with Gasteiger partial charge in [-0.15, -0.1) is 0 Å². The van der Waals surface area contributed by atoms with Crippen LogP contribution in [0.15, 0.2) is 0 Å². The van der Waals surface area contributed by atoms with E-state index in [1.807, 2.05) is 7.05 Å². The van der Waals surface area contributed by atoms with E-state index in [0.29, 0.717) is 6.04 Å². The molecule has 0 bridgehead atoms. The highest BCUT2D eigenvalue weighted by Gasteiger charge is 2.39. The first-order valence-electron chi connectivity index (χ1n) is 6.55. The van der Waals surface area contributed by atoms with E-state index in [1.54, 1.807) is 0 Å². The van der Waals surface area contributed by atoms with Gasteiger partial charge in [-0.2, -0.15) is 5.26 Å². The summed E-state index contributed by atoms with van der Waals surface area (Å²) in [5.74, 6) is 0. The molecule has 1 saturated carbocycles. The molecular formula is C13H25N3. The SMILES string of the molecule is CCCCN(CC)C1CCC(C#N)(NC)C1. The Morgan fingerprint density at radius 2 is 2.25 bits per heavy atom. The minimum Gasteiger partial charge on any atom is -0.302 e. The molecule has 0 radical (unpaired) electrons. The summed E-state index contributed by atoms with van der Waals surface area (Å²) in [6, 6.07) is 3.05. The van der Waals surface area contributed by atoms with Gasteiger partial charge in [-0.3, -0.25) is 0 Å². The molecule has 16 heavy (non-hydrogen) atoms. The molecule has 0 aromatic carbocycles. The molecule has 1 aliphatic carbocycles. The Labute approximate surface area is 99.8 Å². The van der Waals surface area contributed by atoms with Crippen molar-refractivity contribution in [2.24, 2.45) is 0 Å². The highest BCUT2D eigenvalue weighted by atomic mass is 15.2. The van der Waals surface area contributed by atoms with E-state index in [2.05, 4.69) is 30.1 Å². The van der Waals surface area contributed by atoms with E-state index in [1.165, 1.54) is 19.4 Å². The normalized spacial score (nSPS) is 29.6. The number of unbranched alkanes of at least 4 members (excludes halogenated alkanes) is 1. The molecule has 3 heteroatoms. The van der Waals surface area contributed by atoms with Crippen molar-refractivity contribution < 1.29 is 0 Å². The Balaban J connectivity index is 2.53. The van der Waals surface area contributed by atoms with Crippen LogP contribution in [0.25, 0.3) is 0 Å². The fourth-order valence-corrected chi connectivity index (χ4v) is 2.68. The van der Waals surface area contributed by atoms with Crippen LogP contribution in [0.3, 0.4) is 0 Å². The standard InChI is InChI=1S/C13H25N3/c1-4-6-9-16(5-2)12-7-8-13(10-12,11-14)15-3/h12,15H,4-10H2,1-3H3. The van der Waals surface area contributed by atoms with Gasteiger partial charge in [0.1, 0.15) is 5.54 Å². The van der Waals surface area contributed by atoms with Crippen molar-refractivity contribution >= 4 is 0 Å². The summed E-state index contributed by atoms with van der Waals surface area (Å²) in [5.41, 5.74) is -0.260.